The summed E-state index contributed by atoms with van der Waals surface area (Å²) >= 11 is 0. The lowest BCUT2D eigenvalue weighted by Gasteiger charge is -2.20. The summed E-state index contributed by atoms with van der Waals surface area (Å²) in [7, 11) is 0. The minimum Gasteiger partial charge on any atom is -0.0804 e. The summed E-state index contributed by atoms with van der Waals surface area (Å²) in [6, 6.07) is 0. The van der Waals surface area contributed by atoms with Crippen LogP contribution < -0.4 is 0 Å². The van der Waals surface area contributed by atoms with E-state index in [2.05, 4.69) is 38.2 Å². The molecule has 2 rings (SSSR count). The molecule has 0 aromatic heterocycles. The molecule has 0 saturated carbocycles. The summed E-state index contributed by atoms with van der Waals surface area (Å²) in [5, 5.41) is 0. The van der Waals surface area contributed by atoms with Crippen molar-refractivity contribution in [2.45, 2.75) is 13.8 Å². The Morgan fingerprint density at radius 3 is 1.89 bits per heavy atom. The van der Waals surface area contributed by atoms with Gasteiger partial charge >= 0.3 is 0 Å². The van der Waals surface area contributed by atoms with E-state index in [-0.39, 0.29) is 0 Å². The molecule has 2 aliphatic carbocycles. The van der Waals surface area contributed by atoms with Gasteiger partial charge in [-0.1, -0.05) is 38.2 Å². The summed E-state index contributed by atoms with van der Waals surface area (Å²) in [5.74, 6) is 1.56. The summed E-state index contributed by atoms with van der Waals surface area (Å²) in [6.07, 6.45) is 9.32. The third kappa shape index (κ3) is 0.487. The molecule has 2 bridgehead atoms. The number of hydrogen-bond acceptors (Lipinski definition) is 0. The predicted octanol–water partition coefficient (Wildman–Crippen LogP) is 2.38. The minimum absolute atomic E-state index is 0.407. The maximum Gasteiger partial charge on any atom is 0.00672 e. The summed E-state index contributed by atoms with van der Waals surface area (Å²) in [6.45, 7) is 4.63. The first-order valence-corrected chi connectivity index (χ1v) is 3.61. The Morgan fingerprint density at radius 2 is 1.78 bits per heavy atom. The van der Waals surface area contributed by atoms with E-state index < -0.39 is 0 Å². The summed E-state index contributed by atoms with van der Waals surface area (Å²) in [4.78, 5) is 0. The molecular formula is C9H12. The zero-order chi connectivity index (χ0) is 6.48. The molecule has 0 spiro atoms. The Bertz CT molecular complexity index is 172. The fraction of sp³-hybridized carbons (Fsp3) is 0.556. The lowest BCUT2D eigenvalue weighted by molar-refractivity contribution is 0.371. The Labute approximate surface area is 56.3 Å². The molecule has 0 amide bonds. The van der Waals surface area contributed by atoms with Crippen molar-refractivity contribution in [2.75, 3.05) is 0 Å². The molecule has 0 N–H and O–H groups in total. The van der Waals surface area contributed by atoms with Gasteiger partial charge in [0.25, 0.3) is 0 Å². The normalized spacial score (nSPS) is 53.1. The molecule has 1 atom stereocenters. The van der Waals surface area contributed by atoms with Gasteiger partial charge in [-0.05, 0) is 11.8 Å². The molecule has 0 saturated heterocycles. The molecular weight excluding hydrogens is 108 g/mol. The van der Waals surface area contributed by atoms with E-state index in [1.165, 1.54) is 0 Å². The van der Waals surface area contributed by atoms with Gasteiger partial charge in [0, 0.05) is 5.41 Å². The van der Waals surface area contributed by atoms with Crippen LogP contribution in [0, 0.1) is 17.3 Å². The first-order chi connectivity index (χ1) is 4.22. The Morgan fingerprint density at radius 1 is 1.22 bits per heavy atom. The molecule has 0 heterocycles. The van der Waals surface area contributed by atoms with Crippen LogP contribution in [0.4, 0.5) is 0 Å². The van der Waals surface area contributed by atoms with Crippen molar-refractivity contribution >= 4 is 0 Å². The second-order valence-corrected chi connectivity index (χ2v) is 3.45. The number of fused-ring (bicyclic) bond motifs is 2. The molecule has 0 fully saturated rings. The van der Waals surface area contributed by atoms with Crippen LogP contribution in [0.3, 0.4) is 0 Å². The second kappa shape index (κ2) is 1.31. The second-order valence-electron chi connectivity index (χ2n) is 3.45. The third-order valence-corrected chi connectivity index (χ3v) is 2.91. The van der Waals surface area contributed by atoms with Gasteiger partial charge in [0.2, 0.25) is 0 Å². The van der Waals surface area contributed by atoms with Crippen molar-refractivity contribution in [3.05, 3.63) is 24.3 Å². The lowest BCUT2D eigenvalue weighted by atomic mass is 9.84. The van der Waals surface area contributed by atoms with E-state index >= 15 is 0 Å². The summed E-state index contributed by atoms with van der Waals surface area (Å²) in [5.41, 5.74) is 0.407. The van der Waals surface area contributed by atoms with Crippen LogP contribution in [-0.2, 0) is 0 Å². The van der Waals surface area contributed by atoms with Gasteiger partial charge in [-0.3, -0.25) is 0 Å². The Balaban J connectivity index is 2.44. The molecule has 1 unspecified atom stereocenters. The van der Waals surface area contributed by atoms with Crippen molar-refractivity contribution in [1.29, 1.82) is 0 Å². The van der Waals surface area contributed by atoms with Crippen molar-refractivity contribution in [3.63, 3.8) is 0 Å². The SMILES string of the molecule is CC1C2C=CC1(C)C=C2. The van der Waals surface area contributed by atoms with Crippen LogP contribution in [0.1, 0.15) is 13.8 Å². The van der Waals surface area contributed by atoms with Crippen LogP contribution in [0.2, 0.25) is 0 Å². The van der Waals surface area contributed by atoms with Crippen LogP contribution in [0.25, 0.3) is 0 Å². The van der Waals surface area contributed by atoms with Crippen LogP contribution in [0.15, 0.2) is 24.3 Å². The van der Waals surface area contributed by atoms with Crippen LogP contribution in [0.5, 0.6) is 0 Å². The molecule has 0 aromatic rings. The Hall–Kier alpha value is -0.520. The highest BCUT2D eigenvalue weighted by Gasteiger charge is 2.39. The molecule has 0 aromatic carbocycles. The van der Waals surface area contributed by atoms with E-state index in [0.717, 1.165) is 11.8 Å². The first kappa shape index (κ1) is 5.28. The zero-order valence-corrected chi connectivity index (χ0v) is 5.96. The maximum absolute atomic E-state index is 2.34. The number of hydrogen-bond donors (Lipinski definition) is 0. The van der Waals surface area contributed by atoms with Crippen molar-refractivity contribution in [1.82, 2.24) is 0 Å². The van der Waals surface area contributed by atoms with Crippen molar-refractivity contribution < 1.29 is 0 Å². The monoisotopic (exact) mass is 120 g/mol. The lowest BCUT2D eigenvalue weighted by Crippen LogP contribution is -2.14. The van der Waals surface area contributed by atoms with E-state index in [4.69, 9.17) is 0 Å². The fourth-order valence-electron chi connectivity index (χ4n) is 1.81. The van der Waals surface area contributed by atoms with E-state index in [1.807, 2.05) is 0 Å². The highest BCUT2D eigenvalue weighted by atomic mass is 14.4. The van der Waals surface area contributed by atoms with Gasteiger partial charge in [-0.2, -0.15) is 0 Å². The maximum atomic E-state index is 2.34. The average Bonchev–Trinajstić information content (AvgIpc) is 2.24. The van der Waals surface area contributed by atoms with E-state index in [1.54, 1.807) is 0 Å². The van der Waals surface area contributed by atoms with E-state index in [9.17, 15) is 0 Å². The topological polar surface area (TPSA) is 0 Å². The van der Waals surface area contributed by atoms with Gasteiger partial charge in [0.05, 0.1) is 0 Å². The Kier molecular flexibility index (Phi) is 0.769. The molecule has 48 valence electrons. The van der Waals surface area contributed by atoms with Gasteiger partial charge < -0.3 is 0 Å². The van der Waals surface area contributed by atoms with Gasteiger partial charge in [0.1, 0.15) is 0 Å². The van der Waals surface area contributed by atoms with Crippen LogP contribution >= 0.6 is 0 Å². The number of rotatable bonds is 0. The molecule has 0 heteroatoms. The summed E-state index contributed by atoms with van der Waals surface area (Å²) < 4.78 is 0. The predicted molar refractivity (Wildman–Crippen MR) is 39.0 cm³/mol. The van der Waals surface area contributed by atoms with Crippen molar-refractivity contribution in [2.24, 2.45) is 17.3 Å². The van der Waals surface area contributed by atoms with Crippen molar-refractivity contribution in [3.8, 4) is 0 Å². The highest BCUT2D eigenvalue weighted by molar-refractivity contribution is 5.30. The quantitative estimate of drug-likeness (QED) is 0.430. The van der Waals surface area contributed by atoms with Gasteiger partial charge in [0.15, 0.2) is 0 Å². The minimum atomic E-state index is 0.407. The smallest absolute Gasteiger partial charge is 0.00672 e. The zero-order valence-electron chi connectivity index (χ0n) is 5.96. The molecule has 0 radical (unpaired) electrons. The molecule has 2 aliphatic rings. The largest absolute Gasteiger partial charge is 0.0804 e. The third-order valence-electron chi connectivity index (χ3n) is 2.91. The number of allylic oxidation sites excluding steroid dienone is 4. The van der Waals surface area contributed by atoms with Gasteiger partial charge in [-0.25, -0.2) is 0 Å². The van der Waals surface area contributed by atoms with Gasteiger partial charge in [-0.15, -0.1) is 0 Å². The molecule has 9 heavy (non-hydrogen) atoms. The molecule has 0 aliphatic heterocycles. The average molecular weight is 120 g/mol. The fourth-order valence-corrected chi connectivity index (χ4v) is 1.81. The van der Waals surface area contributed by atoms with E-state index in [0.29, 0.717) is 5.41 Å². The standard InChI is InChI=1S/C9H12/c1-7-8-3-5-9(7,2)6-4-8/h3-8H,1-2H3. The van der Waals surface area contributed by atoms with Crippen LogP contribution in [-0.4, -0.2) is 0 Å². The highest BCUT2D eigenvalue weighted by Crippen LogP contribution is 2.47. The molecule has 0 nitrogen and oxygen atoms in total. The first-order valence-electron chi connectivity index (χ1n) is 3.61.